The fraction of sp³-hybridized carbons (Fsp3) is 0.273. The number of carbonyl (C=O) groups excluding carboxylic acids is 1. The van der Waals surface area contributed by atoms with E-state index in [2.05, 4.69) is 6.07 Å². The van der Waals surface area contributed by atoms with Gasteiger partial charge in [0.1, 0.15) is 5.82 Å². The molecule has 2 aromatic carbocycles. The zero-order chi connectivity index (χ0) is 21.5. The van der Waals surface area contributed by atoms with Crippen LogP contribution in [0.5, 0.6) is 11.5 Å². The second-order valence-electron chi connectivity index (χ2n) is 7.04. The van der Waals surface area contributed by atoms with Crippen molar-refractivity contribution in [2.75, 3.05) is 20.0 Å². The summed E-state index contributed by atoms with van der Waals surface area (Å²) in [5.74, 6) is 0.0205. The minimum absolute atomic E-state index is 0.0198. The summed E-state index contributed by atoms with van der Waals surface area (Å²) in [6, 6.07) is 12.9. The van der Waals surface area contributed by atoms with E-state index in [-0.39, 0.29) is 18.1 Å². The summed E-state index contributed by atoms with van der Waals surface area (Å²) in [4.78, 5) is 14.4. The van der Waals surface area contributed by atoms with Gasteiger partial charge in [-0.1, -0.05) is 18.2 Å². The van der Waals surface area contributed by atoms with E-state index in [1.807, 2.05) is 0 Å². The average molecular weight is 426 g/mol. The van der Waals surface area contributed by atoms with Crippen LogP contribution in [0.1, 0.15) is 23.5 Å². The first kappa shape index (κ1) is 20.3. The summed E-state index contributed by atoms with van der Waals surface area (Å²) >= 11 is 1.25. The number of hydrogen-bond donors (Lipinski definition) is 1. The molecule has 1 amide bonds. The molecular formula is C22H19FN2O4S. The molecule has 2 heterocycles. The molecule has 8 heteroatoms. The van der Waals surface area contributed by atoms with Crippen LogP contribution in [0.25, 0.3) is 0 Å². The zero-order valence-corrected chi connectivity index (χ0v) is 17.2. The topological polar surface area (TPSA) is 82.8 Å². The van der Waals surface area contributed by atoms with E-state index >= 15 is 0 Å². The summed E-state index contributed by atoms with van der Waals surface area (Å²) in [5.41, 5.74) is -0.0656. The number of allylic oxidation sites excluding steroid dienone is 1. The van der Waals surface area contributed by atoms with E-state index in [1.54, 1.807) is 18.2 Å². The van der Waals surface area contributed by atoms with Gasteiger partial charge in [0.05, 0.1) is 36.6 Å². The molecule has 1 N–H and O–H groups in total. The van der Waals surface area contributed by atoms with Crippen molar-refractivity contribution in [3.8, 4) is 17.6 Å². The van der Waals surface area contributed by atoms with Crippen LogP contribution >= 0.6 is 11.8 Å². The van der Waals surface area contributed by atoms with Crippen molar-refractivity contribution in [3.63, 3.8) is 0 Å². The first-order valence-electron chi connectivity index (χ1n) is 9.23. The number of amides is 1. The molecule has 1 saturated heterocycles. The number of rotatable bonds is 4. The Bertz CT molecular complexity index is 1080. The number of fused-ring (bicyclic) bond motifs is 1. The minimum atomic E-state index is -1.63. The first-order chi connectivity index (χ1) is 14.4. The Morgan fingerprint density at radius 1 is 1.20 bits per heavy atom. The van der Waals surface area contributed by atoms with Crippen LogP contribution < -0.4 is 9.47 Å². The van der Waals surface area contributed by atoms with Crippen LogP contribution in [-0.4, -0.2) is 35.9 Å². The van der Waals surface area contributed by atoms with E-state index in [9.17, 15) is 19.6 Å². The van der Waals surface area contributed by atoms with Crippen LogP contribution in [0.4, 0.5) is 4.39 Å². The lowest BCUT2D eigenvalue weighted by molar-refractivity contribution is -0.149. The highest BCUT2D eigenvalue weighted by Crippen LogP contribution is 2.52. The van der Waals surface area contributed by atoms with Crippen LogP contribution in [-0.2, 0) is 10.5 Å². The molecule has 2 atom stereocenters. The molecule has 0 aromatic heterocycles. The van der Waals surface area contributed by atoms with Crippen LogP contribution in [0.3, 0.4) is 0 Å². The lowest BCUT2D eigenvalue weighted by Gasteiger charge is -2.38. The van der Waals surface area contributed by atoms with Gasteiger partial charge in [-0.15, -0.1) is 11.8 Å². The lowest BCUT2D eigenvalue weighted by Crippen LogP contribution is -2.48. The van der Waals surface area contributed by atoms with E-state index in [0.717, 1.165) is 5.56 Å². The molecule has 6 nitrogen and oxygen atoms in total. The Morgan fingerprint density at radius 3 is 2.53 bits per heavy atom. The first-order valence-corrected chi connectivity index (χ1v) is 10.2. The van der Waals surface area contributed by atoms with Crippen molar-refractivity contribution in [1.29, 1.82) is 5.26 Å². The molecule has 0 spiro atoms. The molecule has 2 aliphatic heterocycles. The molecule has 4 rings (SSSR count). The summed E-state index contributed by atoms with van der Waals surface area (Å²) in [5, 5.41) is 21.7. The van der Waals surface area contributed by atoms with Crippen molar-refractivity contribution >= 4 is 17.7 Å². The lowest BCUT2D eigenvalue weighted by atomic mass is 9.85. The van der Waals surface area contributed by atoms with Crippen molar-refractivity contribution in [2.45, 2.75) is 18.1 Å². The summed E-state index contributed by atoms with van der Waals surface area (Å²) < 4.78 is 24.0. The number of benzene rings is 2. The fourth-order valence-electron chi connectivity index (χ4n) is 3.91. The maximum Gasteiger partial charge on any atom is 0.231 e. The number of carbonyl (C=O) groups is 1. The van der Waals surface area contributed by atoms with Gasteiger partial charge in [0, 0.05) is 17.9 Å². The molecule has 154 valence electrons. The molecule has 2 aliphatic rings. The van der Waals surface area contributed by atoms with Gasteiger partial charge in [0.15, 0.2) is 17.2 Å². The maximum atomic E-state index is 13.3. The van der Waals surface area contributed by atoms with E-state index in [4.69, 9.17) is 9.47 Å². The van der Waals surface area contributed by atoms with Crippen LogP contribution in [0.15, 0.2) is 53.1 Å². The Kier molecular flexibility index (Phi) is 5.18. The smallest absolute Gasteiger partial charge is 0.231 e. The number of nitriles is 1. The number of nitrogens with zero attached hydrogens (tertiary/aromatic N) is 2. The largest absolute Gasteiger partial charge is 0.493 e. The molecule has 0 bridgehead atoms. The molecule has 0 radical (unpaired) electrons. The third kappa shape index (κ3) is 3.11. The number of ether oxygens (including phenoxy) is 2. The van der Waals surface area contributed by atoms with Gasteiger partial charge >= 0.3 is 0 Å². The van der Waals surface area contributed by atoms with E-state index in [1.165, 1.54) is 55.1 Å². The molecule has 30 heavy (non-hydrogen) atoms. The Labute approximate surface area is 177 Å². The number of aliphatic hydroxyl groups is 1. The monoisotopic (exact) mass is 426 g/mol. The second-order valence-corrected chi connectivity index (χ2v) is 8.01. The minimum Gasteiger partial charge on any atom is -0.493 e. The molecule has 2 aromatic rings. The SMILES string of the molecule is COc1ccc([C@H]2CC(=O)N3C(=C2C#N)SC[C@@]3(O)c2ccc(F)cc2)cc1OC. The summed E-state index contributed by atoms with van der Waals surface area (Å²) in [6.45, 7) is 0. The number of halogens is 1. The van der Waals surface area contributed by atoms with Crippen molar-refractivity contribution in [3.05, 3.63) is 70.0 Å². The second kappa shape index (κ2) is 7.67. The molecule has 0 aliphatic carbocycles. The summed E-state index contributed by atoms with van der Waals surface area (Å²) in [7, 11) is 3.06. The standard InChI is InChI=1S/C22H19FN2O4S/c1-28-18-8-3-13(9-19(18)29-2)16-10-20(26)25-21(17(16)11-24)30-12-22(25,27)14-4-6-15(23)7-5-14/h3-9,16,27H,10,12H2,1-2H3/t16-,22-/m1/s1. The van der Waals surface area contributed by atoms with Crippen LogP contribution in [0, 0.1) is 17.1 Å². The summed E-state index contributed by atoms with van der Waals surface area (Å²) in [6.07, 6.45) is 0.0198. The Hall–Kier alpha value is -3.02. The fourth-order valence-corrected chi connectivity index (χ4v) is 5.27. The Morgan fingerprint density at radius 2 is 1.90 bits per heavy atom. The highest BCUT2D eigenvalue weighted by Gasteiger charge is 2.51. The van der Waals surface area contributed by atoms with Gasteiger partial charge < -0.3 is 14.6 Å². The van der Waals surface area contributed by atoms with Gasteiger partial charge in [0.2, 0.25) is 5.91 Å². The van der Waals surface area contributed by atoms with Crippen molar-refractivity contribution in [2.24, 2.45) is 0 Å². The molecule has 0 unspecified atom stereocenters. The number of methoxy groups -OCH3 is 2. The number of thioether (sulfide) groups is 1. The maximum absolute atomic E-state index is 13.3. The zero-order valence-electron chi connectivity index (χ0n) is 16.4. The number of hydrogen-bond acceptors (Lipinski definition) is 6. The highest BCUT2D eigenvalue weighted by atomic mass is 32.2. The Balaban J connectivity index is 1.78. The quantitative estimate of drug-likeness (QED) is 0.806. The molecule has 0 saturated carbocycles. The average Bonchev–Trinajstić information content (AvgIpc) is 3.12. The molecular weight excluding hydrogens is 407 g/mol. The van der Waals surface area contributed by atoms with Gasteiger partial charge in [-0.25, -0.2) is 4.39 Å². The van der Waals surface area contributed by atoms with Crippen molar-refractivity contribution in [1.82, 2.24) is 4.90 Å². The van der Waals surface area contributed by atoms with Crippen LogP contribution in [0.2, 0.25) is 0 Å². The van der Waals surface area contributed by atoms with Gasteiger partial charge in [-0.2, -0.15) is 5.26 Å². The normalized spacial score (nSPS) is 23.2. The van der Waals surface area contributed by atoms with Gasteiger partial charge in [-0.05, 0) is 29.8 Å². The predicted octanol–water partition coefficient (Wildman–Crippen LogP) is 3.49. The highest BCUT2D eigenvalue weighted by molar-refractivity contribution is 8.03. The van der Waals surface area contributed by atoms with E-state index < -0.39 is 17.5 Å². The third-order valence-electron chi connectivity index (χ3n) is 5.43. The predicted molar refractivity (Wildman–Crippen MR) is 109 cm³/mol. The molecule has 1 fully saturated rings. The third-order valence-corrected chi connectivity index (χ3v) is 6.65. The van der Waals surface area contributed by atoms with E-state index in [0.29, 0.717) is 27.7 Å². The van der Waals surface area contributed by atoms with Crippen molar-refractivity contribution < 1.29 is 23.8 Å². The van der Waals surface area contributed by atoms with Gasteiger partial charge in [0.25, 0.3) is 0 Å². The van der Waals surface area contributed by atoms with Gasteiger partial charge in [-0.3, -0.25) is 9.69 Å².